The molecule has 0 fully saturated rings. The van der Waals surface area contributed by atoms with Gasteiger partial charge in [0.2, 0.25) is 0 Å². The fraction of sp³-hybridized carbons (Fsp3) is 0.727. The summed E-state index contributed by atoms with van der Waals surface area (Å²) >= 11 is 0. The average Bonchev–Trinajstić information content (AvgIpc) is 2.68. The lowest BCUT2D eigenvalue weighted by Gasteiger charge is -1.98. The van der Waals surface area contributed by atoms with Gasteiger partial charge in [-0.15, -0.1) is 9.05 Å². The molecule has 0 bridgehead atoms. The van der Waals surface area contributed by atoms with Crippen molar-refractivity contribution >= 4 is 8.25 Å². The lowest BCUT2D eigenvalue weighted by Crippen LogP contribution is -1.92. The highest BCUT2D eigenvalue weighted by molar-refractivity contribution is 7.33. The Morgan fingerprint density at radius 1 is 0.538 bits per heavy atom. The summed E-state index contributed by atoms with van der Waals surface area (Å²) in [6, 6.07) is 12.0. The van der Waals surface area contributed by atoms with Crippen LogP contribution in [0.1, 0.15) is 90.9 Å². The summed E-state index contributed by atoms with van der Waals surface area (Å²) in [4.78, 5) is 0. The largest absolute Gasteiger partial charge is 0.697 e. The number of rotatable bonds is 16. The summed E-state index contributed by atoms with van der Waals surface area (Å²) in [6.07, 6.45) is 14.6. The molecule has 1 aromatic carbocycles. The smallest absolute Gasteiger partial charge is 0.119 e. The molecule has 0 spiro atoms. The van der Waals surface area contributed by atoms with E-state index in [1.165, 1.54) is 64.2 Å². The van der Waals surface area contributed by atoms with E-state index in [0.29, 0.717) is 13.2 Å². The van der Waals surface area contributed by atoms with E-state index in [2.05, 4.69) is 13.8 Å². The highest BCUT2D eigenvalue weighted by atomic mass is 31.1. The average molecular weight is 384 g/mol. The first kappa shape index (κ1) is 25.2. The topological polar surface area (TPSA) is 35.5 Å². The van der Waals surface area contributed by atoms with Crippen molar-refractivity contribution < 1.29 is 13.6 Å². The van der Waals surface area contributed by atoms with E-state index in [4.69, 9.17) is 9.05 Å². The highest BCUT2D eigenvalue weighted by Gasteiger charge is 2.18. The molecule has 150 valence electrons. The molecule has 4 heteroatoms. The summed E-state index contributed by atoms with van der Waals surface area (Å²) in [6.45, 7) is 5.57. The quantitative estimate of drug-likeness (QED) is 0.214. The van der Waals surface area contributed by atoms with Crippen LogP contribution in [-0.2, 0) is 13.6 Å². The van der Waals surface area contributed by atoms with E-state index in [1.807, 2.05) is 36.4 Å². The summed E-state index contributed by atoms with van der Waals surface area (Å²) in [5.41, 5.74) is 0. The van der Waals surface area contributed by atoms with Crippen LogP contribution in [-0.4, -0.2) is 13.2 Å². The third kappa shape index (κ3) is 21.3. The van der Waals surface area contributed by atoms with Crippen molar-refractivity contribution in [2.45, 2.75) is 90.9 Å². The van der Waals surface area contributed by atoms with Gasteiger partial charge in [-0.05, 0) is 12.8 Å². The van der Waals surface area contributed by atoms with Gasteiger partial charge in [-0.25, -0.2) is 0 Å². The molecule has 0 aliphatic heterocycles. The Bertz CT molecular complexity index is 338. The van der Waals surface area contributed by atoms with E-state index in [1.54, 1.807) is 0 Å². The molecule has 3 nitrogen and oxygen atoms in total. The van der Waals surface area contributed by atoms with Crippen molar-refractivity contribution in [3.63, 3.8) is 0 Å². The molecule has 1 aromatic rings. The summed E-state index contributed by atoms with van der Waals surface area (Å²) in [5, 5.41) is 0. The highest BCUT2D eigenvalue weighted by Crippen LogP contribution is 2.24. The second-order valence-corrected chi connectivity index (χ2v) is 7.54. The first-order chi connectivity index (χ1) is 12.8. The Morgan fingerprint density at radius 2 is 0.846 bits per heavy atom. The predicted octanol–water partition coefficient (Wildman–Crippen LogP) is 8.08. The molecular weight excluding hydrogens is 343 g/mol. The van der Waals surface area contributed by atoms with Crippen LogP contribution in [0.3, 0.4) is 0 Å². The van der Waals surface area contributed by atoms with Crippen molar-refractivity contribution in [2.24, 2.45) is 0 Å². The third-order valence-electron chi connectivity index (χ3n) is 4.06. The lowest BCUT2D eigenvalue weighted by molar-refractivity contribution is 0.218. The van der Waals surface area contributed by atoms with Gasteiger partial charge in [0.1, 0.15) is 13.2 Å². The van der Waals surface area contributed by atoms with Crippen LogP contribution < -0.4 is 0 Å². The molecule has 0 saturated heterocycles. The Labute approximate surface area is 162 Å². The van der Waals surface area contributed by atoms with Crippen molar-refractivity contribution in [2.75, 3.05) is 13.2 Å². The van der Waals surface area contributed by atoms with Crippen LogP contribution >= 0.6 is 8.25 Å². The number of hydrogen-bond donors (Lipinski definition) is 0. The monoisotopic (exact) mass is 383 g/mol. The molecule has 0 heterocycles. The van der Waals surface area contributed by atoms with Gasteiger partial charge in [-0.3, -0.25) is 0 Å². The molecule has 0 amide bonds. The van der Waals surface area contributed by atoms with Crippen molar-refractivity contribution in [1.29, 1.82) is 0 Å². The fourth-order valence-corrected chi connectivity index (χ4v) is 3.10. The molecular formula is C22H40O3P+. The summed E-state index contributed by atoms with van der Waals surface area (Å²) < 4.78 is 21.8. The maximum Gasteiger partial charge on any atom is 0.697 e. The zero-order valence-electron chi connectivity index (χ0n) is 17.0. The van der Waals surface area contributed by atoms with Crippen LogP contribution in [0.5, 0.6) is 0 Å². The molecule has 1 rings (SSSR count). The third-order valence-corrected chi connectivity index (χ3v) is 4.84. The van der Waals surface area contributed by atoms with Crippen molar-refractivity contribution in [1.82, 2.24) is 0 Å². The maximum absolute atomic E-state index is 11.4. The minimum absolute atomic E-state index is 0.567. The van der Waals surface area contributed by atoms with E-state index >= 15 is 0 Å². The van der Waals surface area contributed by atoms with Crippen LogP contribution in [0.15, 0.2) is 36.4 Å². The standard InChI is InChI=1S/C16H34O3P.C6H6/c1-3-5-7-9-11-13-15-18-20(17)19-16-14-12-10-8-6-4-2;1-2-4-6-5-3-1/h3-16H2,1-2H3;1-6H/q+1;. The molecule has 0 unspecified atom stereocenters. The Morgan fingerprint density at radius 3 is 1.19 bits per heavy atom. The normalized spacial score (nSPS) is 10.2. The van der Waals surface area contributed by atoms with Gasteiger partial charge < -0.3 is 0 Å². The molecule has 0 aromatic heterocycles. The van der Waals surface area contributed by atoms with Gasteiger partial charge in [0.25, 0.3) is 0 Å². The van der Waals surface area contributed by atoms with E-state index in [-0.39, 0.29) is 0 Å². The molecule has 0 N–H and O–H groups in total. The van der Waals surface area contributed by atoms with Gasteiger partial charge in [0.15, 0.2) is 0 Å². The van der Waals surface area contributed by atoms with Crippen molar-refractivity contribution in [3.8, 4) is 0 Å². The van der Waals surface area contributed by atoms with E-state index in [0.717, 1.165) is 12.8 Å². The SMILES string of the molecule is CCCCCCCCO[P+](=O)OCCCCCCCC.c1ccccc1. The second kappa shape index (κ2) is 22.3. The van der Waals surface area contributed by atoms with Crippen molar-refractivity contribution in [3.05, 3.63) is 36.4 Å². The molecule has 0 aliphatic rings. The fourth-order valence-electron chi connectivity index (χ4n) is 2.47. The zero-order valence-corrected chi connectivity index (χ0v) is 17.9. The molecule has 0 radical (unpaired) electrons. The lowest BCUT2D eigenvalue weighted by atomic mass is 10.1. The molecule has 26 heavy (non-hydrogen) atoms. The minimum Gasteiger partial charge on any atom is -0.119 e. The number of unbranched alkanes of at least 4 members (excludes halogenated alkanes) is 10. The maximum atomic E-state index is 11.4. The van der Waals surface area contributed by atoms with Crippen LogP contribution in [0.4, 0.5) is 0 Å². The predicted molar refractivity (Wildman–Crippen MR) is 113 cm³/mol. The second-order valence-electron chi connectivity index (χ2n) is 6.58. The van der Waals surface area contributed by atoms with E-state index < -0.39 is 8.25 Å². The minimum atomic E-state index is -1.89. The van der Waals surface area contributed by atoms with Crippen LogP contribution in [0, 0.1) is 0 Å². The molecule has 0 saturated carbocycles. The van der Waals surface area contributed by atoms with Gasteiger partial charge >= 0.3 is 8.25 Å². The van der Waals surface area contributed by atoms with E-state index in [9.17, 15) is 4.57 Å². The molecule has 0 aliphatic carbocycles. The Kier molecular flexibility index (Phi) is 21.6. The Hall–Kier alpha value is -0.760. The van der Waals surface area contributed by atoms with Gasteiger partial charge in [-0.1, -0.05) is 114 Å². The first-order valence-electron chi connectivity index (χ1n) is 10.5. The van der Waals surface area contributed by atoms with Gasteiger partial charge in [-0.2, -0.15) is 0 Å². The van der Waals surface area contributed by atoms with Crippen LogP contribution in [0.25, 0.3) is 0 Å². The summed E-state index contributed by atoms with van der Waals surface area (Å²) in [7, 11) is -1.89. The van der Waals surface area contributed by atoms with Crippen LogP contribution in [0.2, 0.25) is 0 Å². The van der Waals surface area contributed by atoms with Gasteiger partial charge in [0, 0.05) is 4.57 Å². The summed E-state index contributed by atoms with van der Waals surface area (Å²) in [5.74, 6) is 0. The first-order valence-corrected chi connectivity index (χ1v) is 11.6. The van der Waals surface area contributed by atoms with Gasteiger partial charge in [0.05, 0.1) is 0 Å². The molecule has 0 atom stereocenters. The Balaban J connectivity index is 0.000000867. The number of benzene rings is 1. The zero-order chi connectivity index (χ0) is 19.1. The number of hydrogen-bond acceptors (Lipinski definition) is 3.